The summed E-state index contributed by atoms with van der Waals surface area (Å²) in [6.45, 7) is 0. The van der Waals surface area contributed by atoms with Crippen molar-refractivity contribution in [1.29, 1.82) is 0 Å². The molecule has 0 spiro atoms. The lowest BCUT2D eigenvalue weighted by Gasteiger charge is -2.00. The van der Waals surface area contributed by atoms with Gasteiger partial charge in [0.05, 0.1) is 0 Å². The van der Waals surface area contributed by atoms with E-state index in [4.69, 9.17) is 5.11 Å². The molecule has 2 aromatic rings. The van der Waals surface area contributed by atoms with Gasteiger partial charge in [-0.3, -0.25) is 4.79 Å². The van der Waals surface area contributed by atoms with Crippen molar-refractivity contribution >= 4 is 27.4 Å². The first-order chi connectivity index (χ1) is 6.77. The molecule has 1 aromatic carbocycles. The van der Waals surface area contributed by atoms with Crippen molar-refractivity contribution in [3.63, 3.8) is 0 Å². The number of fused-ring (bicyclic) bond motifs is 1. The minimum Gasteiger partial charge on any atom is -0.481 e. The molecule has 3 heteroatoms. The van der Waals surface area contributed by atoms with Crippen molar-refractivity contribution in [2.45, 2.75) is 12.8 Å². The molecule has 0 radical (unpaired) electrons. The summed E-state index contributed by atoms with van der Waals surface area (Å²) in [5.41, 5.74) is 1.13. The number of hydrogen-bond acceptors (Lipinski definition) is 2. The van der Waals surface area contributed by atoms with Crippen molar-refractivity contribution in [2.75, 3.05) is 0 Å². The molecule has 72 valence electrons. The highest BCUT2D eigenvalue weighted by Gasteiger charge is 2.03. The largest absolute Gasteiger partial charge is 0.481 e. The van der Waals surface area contributed by atoms with Gasteiger partial charge in [0.15, 0.2) is 0 Å². The number of aryl methyl sites for hydroxylation is 1. The van der Waals surface area contributed by atoms with Gasteiger partial charge in [-0.15, -0.1) is 11.3 Å². The van der Waals surface area contributed by atoms with E-state index in [-0.39, 0.29) is 6.42 Å². The normalized spacial score (nSPS) is 10.6. The van der Waals surface area contributed by atoms with Crippen LogP contribution in [0.4, 0.5) is 0 Å². The van der Waals surface area contributed by atoms with Gasteiger partial charge in [-0.1, -0.05) is 12.1 Å². The lowest BCUT2D eigenvalue weighted by atomic mass is 10.1. The Labute approximate surface area is 85.8 Å². The van der Waals surface area contributed by atoms with Crippen LogP contribution >= 0.6 is 11.3 Å². The van der Waals surface area contributed by atoms with Crippen LogP contribution in [0.1, 0.15) is 12.0 Å². The van der Waals surface area contributed by atoms with Crippen LogP contribution in [0.15, 0.2) is 29.6 Å². The predicted molar refractivity (Wildman–Crippen MR) is 57.8 cm³/mol. The van der Waals surface area contributed by atoms with Gasteiger partial charge in [0.1, 0.15) is 0 Å². The highest BCUT2D eigenvalue weighted by molar-refractivity contribution is 7.17. The third-order valence-corrected chi connectivity index (χ3v) is 3.08. The van der Waals surface area contributed by atoms with Gasteiger partial charge in [0.25, 0.3) is 0 Å². The van der Waals surface area contributed by atoms with Crippen molar-refractivity contribution in [1.82, 2.24) is 0 Å². The summed E-state index contributed by atoms with van der Waals surface area (Å²) in [4.78, 5) is 10.4. The maximum Gasteiger partial charge on any atom is 0.303 e. The van der Waals surface area contributed by atoms with Crippen LogP contribution in [-0.2, 0) is 11.2 Å². The topological polar surface area (TPSA) is 37.3 Å². The summed E-state index contributed by atoms with van der Waals surface area (Å²) >= 11 is 1.69. The third kappa shape index (κ3) is 1.77. The second-order valence-electron chi connectivity index (χ2n) is 3.14. The lowest BCUT2D eigenvalue weighted by molar-refractivity contribution is -0.136. The molecule has 0 aliphatic heterocycles. The standard InChI is InChI=1S/C11H10O2S/c12-11(13)5-4-8-2-1-3-10-9(8)6-7-14-10/h1-3,6-7H,4-5H2,(H,12,13). The molecule has 1 N–H and O–H groups in total. The number of benzene rings is 1. The second kappa shape index (κ2) is 3.80. The number of hydrogen-bond donors (Lipinski definition) is 1. The number of carboxylic acids is 1. The zero-order valence-electron chi connectivity index (χ0n) is 7.56. The summed E-state index contributed by atoms with van der Waals surface area (Å²) in [5, 5.41) is 11.8. The van der Waals surface area contributed by atoms with E-state index in [1.807, 2.05) is 17.5 Å². The second-order valence-corrected chi connectivity index (χ2v) is 4.09. The Kier molecular flexibility index (Phi) is 2.50. The highest BCUT2D eigenvalue weighted by atomic mass is 32.1. The summed E-state index contributed by atoms with van der Waals surface area (Å²) in [7, 11) is 0. The maximum atomic E-state index is 10.4. The van der Waals surface area contributed by atoms with Crippen LogP contribution in [-0.4, -0.2) is 11.1 Å². The Bertz CT molecular complexity index is 459. The number of thiophene rings is 1. The Morgan fingerprint density at radius 2 is 2.21 bits per heavy atom. The van der Waals surface area contributed by atoms with E-state index in [0.29, 0.717) is 6.42 Å². The number of rotatable bonds is 3. The summed E-state index contributed by atoms with van der Waals surface area (Å²) in [5.74, 6) is -0.739. The third-order valence-electron chi connectivity index (χ3n) is 2.19. The van der Waals surface area contributed by atoms with Crippen molar-refractivity contribution in [3.05, 3.63) is 35.2 Å². The Morgan fingerprint density at radius 1 is 1.36 bits per heavy atom. The molecule has 0 unspecified atom stereocenters. The number of carbonyl (C=O) groups is 1. The van der Waals surface area contributed by atoms with Gasteiger partial charge in [0, 0.05) is 11.1 Å². The molecule has 0 atom stereocenters. The van der Waals surface area contributed by atoms with E-state index in [1.165, 1.54) is 10.1 Å². The number of aliphatic carboxylic acids is 1. The summed E-state index contributed by atoms with van der Waals surface area (Å²) in [6.07, 6.45) is 0.818. The molecule has 14 heavy (non-hydrogen) atoms. The van der Waals surface area contributed by atoms with Crippen molar-refractivity contribution in [2.24, 2.45) is 0 Å². The maximum absolute atomic E-state index is 10.4. The molecule has 0 aliphatic rings. The fourth-order valence-corrected chi connectivity index (χ4v) is 2.35. The first-order valence-electron chi connectivity index (χ1n) is 4.44. The molecule has 0 bridgehead atoms. The smallest absolute Gasteiger partial charge is 0.303 e. The summed E-state index contributed by atoms with van der Waals surface area (Å²) < 4.78 is 1.23. The van der Waals surface area contributed by atoms with Crippen molar-refractivity contribution < 1.29 is 9.90 Å². The molecule has 1 heterocycles. The molecule has 0 amide bonds. The minimum absolute atomic E-state index is 0.203. The van der Waals surface area contributed by atoms with Crippen LogP contribution < -0.4 is 0 Å². The fourth-order valence-electron chi connectivity index (χ4n) is 1.52. The van der Waals surface area contributed by atoms with E-state index in [1.54, 1.807) is 11.3 Å². The first-order valence-corrected chi connectivity index (χ1v) is 5.32. The van der Waals surface area contributed by atoms with Gasteiger partial charge in [0.2, 0.25) is 0 Å². The molecule has 0 aliphatic carbocycles. The Balaban J connectivity index is 2.32. The molecule has 2 nitrogen and oxygen atoms in total. The fraction of sp³-hybridized carbons (Fsp3) is 0.182. The van der Waals surface area contributed by atoms with E-state index in [2.05, 4.69) is 12.1 Å². The van der Waals surface area contributed by atoms with Crippen LogP contribution in [0.25, 0.3) is 10.1 Å². The highest BCUT2D eigenvalue weighted by Crippen LogP contribution is 2.24. The van der Waals surface area contributed by atoms with Crippen LogP contribution in [0.5, 0.6) is 0 Å². The molecule has 0 saturated carbocycles. The van der Waals surface area contributed by atoms with Crippen molar-refractivity contribution in [3.8, 4) is 0 Å². The van der Waals surface area contributed by atoms with E-state index in [0.717, 1.165) is 5.56 Å². The molecule has 2 rings (SSSR count). The SMILES string of the molecule is O=C(O)CCc1cccc2sccc12. The zero-order chi connectivity index (χ0) is 9.97. The van der Waals surface area contributed by atoms with Gasteiger partial charge in [-0.25, -0.2) is 0 Å². The average molecular weight is 206 g/mol. The van der Waals surface area contributed by atoms with Gasteiger partial charge in [-0.05, 0) is 34.9 Å². The molecule has 0 saturated heterocycles. The van der Waals surface area contributed by atoms with Crippen LogP contribution in [0.3, 0.4) is 0 Å². The van der Waals surface area contributed by atoms with E-state index < -0.39 is 5.97 Å². The predicted octanol–water partition coefficient (Wildman–Crippen LogP) is 2.92. The molecular formula is C11H10O2S. The monoisotopic (exact) mass is 206 g/mol. The molecule has 1 aromatic heterocycles. The van der Waals surface area contributed by atoms with Crippen LogP contribution in [0, 0.1) is 0 Å². The van der Waals surface area contributed by atoms with Gasteiger partial charge < -0.3 is 5.11 Å². The van der Waals surface area contributed by atoms with Gasteiger partial charge >= 0.3 is 5.97 Å². The lowest BCUT2D eigenvalue weighted by Crippen LogP contribution is -1.97. The molecular weight excluding hydrogens is 196 g/mol. The van der Waals surface area contributed by atoms with E-state index >= 15 is 0 Å². The van der Waals surface area contributed by atoms with E-state index in [9.17, 15) is 4.79 Å². The zero-order valence-corrected chi connectivity index (χ0v) is 8.38. The van der Waals surface area contributed by atoms with Gasteiger partial charge in [-0.2, -0.15) is 0 Å². The molecule has 0 fully saturated rings. The Morgan fingerprint density at radius 3 is 3.00 bits per heavy atom. The van der Waals surface area contributed by atoms with Crippen LogP contribution in [0.2, 0.25) is 0 Å². The number of carboxylic acid groups (broad SMARTS) is 1. The minimum atomic E-state index is -0.739. The quantitative estimate of drug-likeness (QED) is 0.838. The first kappa shape index (κ1) is 9.21. The average Bonchev–Trinajstić information content (AvgIpc) is 2.62. The Hall–Kier alpha value is -1.35. The summed E-state index contributed by atoms with van der Waals surface area (Å²) in [6, 6.07) is 8.09.